The molecule has 1 heterocycles. The Morgan fingerprint density at radius 1 is 1.33 bits per heavy atom. The summed E-state index contributed by atoms with van der Waals surface area (Å²) in [5.41, 5.74) is 4.85. The molecule has 2 fully saturated rings. The van der Waals surface area contributed by atoms with Crippen LogP contribution in [0.25, 0.3) is 0 Å². The number of rotatable bonds is 2. The van der Waals surface area contributed by atoms with Gasteiger partial charge in [-0.05, 0) is 19.8 Å². The van der Waals surface area contributed by atoms with E-state index in [2.05, 4.69) is 5.16 Å². The molecule has 2 aliphatic rings. The summed E-state index contributed by atoms with van der Waals surface area (Å²) in [6.07, 6.45) is 3.83. The smallest absolute Gasteiger partial charge is 0.236 e. The third-order valence-electron chi connectivity index (χ3n) is 4.65. The molecular weight excluding hydrogens is 294 g/mol. The summed E-state index contributed by atoms with van der Waals surface area (Å²) in [4.78, 5) is 14.5. The predicted molar refractivity (Wildman–Crippen MR) is 78.8 cm³/mol. The van der Waals surface area contributed by atoms with E-state index in [-0.39, 0.29) is 35.8 Å². The Labute approximate surface area is 125 Å². The predicted octanol–water partition coefficient (Wildman–Crippen LogP) is 0.329. The van der Waals surface area contributed by atoms with E-state index in [4.69, 9.17) is 10.9 Å². The van der Waals surface area contributed by atoms with Crippen molar-refractivity contribution in [2.75, 3.05) is 18.1 Å². The Balaban J connectivity index is 2.27. The van der Waals surface area contributed by atoms with Gasteiger partial charge in [-0.1, -0.05) is 24.4 Å². The molecule has 0 radical (unpaired) electrons. The number of hydrogen-bond acceptors (Lipinski definition) is 5. The van der Waals surface area contributed by atoms with Gasteiger partial charge in [0.2, 0.25) is 5.91 Å². The summed E-state index contributed by atoms with van der Waals surface area (Å²) in [5.74, 6) is -0.284. The summed E-state index contributed by atoms with van der Waals surface area (Å²) in [7, 11) is -3.08. The van der Waals surface area contributed by atoms with Gasteiger partial charge in [0.25, 0.3) is 0 Å². The van der Waals surface area contributed by atoms with Crippen molar-refractivity contribution in [2.24, 2.45) is 16.3 Å². The molecule has 21 heavy (non-hydrogen) atoms. The Bertz CT molecular complexity index is 538. The fraction of sp³-hybridized carbons (Fsp3) is 0.846. The quantitative estimate of drug-likeness (QED) is 0.330. The molecular formula is C13H23N3O4S. The Morgan fingerprint density at radius 2 is 1.95 bits per heavy atom. The molecule has 7 nitrogen and oxygen atoms in total. The van der Waals surface area contributed by atoms with E-state index in [1.807, 2.05) is 0 Å². The molecule has 2 rings (SSSR count). The van der Waals surface area contributed by atoms with E-state index < -0.39 is 15.3 Å². The molecule has 0 aromatic carbocycles. The number of amidine groups is 1. The van der Waals surface area contributed by atoms with Crippen molar-refractivity contribution in [3.63, 3.8) is 0 Å². The van der Waals surface area contributed by atoms with Crippen molar-refractivity contribution in [1.82, 2.24) is 4.90 Å². The van der Waals surface area contributed by atoms with Crippen LogP contribution < -0.4 is 5.73 Å². The lowest BCUT2D eigenvalue weighted by Gasteiger charge is -2.42. The fourth-order valence-electron chi connectivity index (χ4n) is 3.41. The summed E-state index contributed by atoms with van der Waals surface area (Å²) in [6.45, 7) is 1.92. The first-order valence-electron chi connectivity index (χ1n) is 7.32. The molecule has 0 aromatic heterocycles. The Morgan fingerprint density at radius 3 is 2.48 bits per heavy atom. The zero-order chi connectivity index (χ0) is 15.7. The number of nitrogens with zero attached hydrogens (tertiary/aromatic N) is 2. The van der Waals surface area contributed by atoms with Crippen LogP contribution >= 0.6 is 0 Å². The number of hydrogen-bond donors (Lipinski definition) is 2. The molecule has 8 heteroatoms. The third-order valence-corrected chi connectivity index (χ3v) is 6.44. The number of carbonyl (C=O) groups is 1. The zero-order valence-corrected chi connectivity index (χ0v) is 13.1. The van der Waals surface area contributed by atoms with Gasteiger partial charge in [-0.3, -0.25) is 4.79 Å². The van der Waals surface area contributed by atoms with E-state index in [9.17, 15) is 13.2 Å². The van der Waals surface area contributed by atoms with Crippen LogP contribution in [0.4, 0.5) is 0 Å². The largest absolute Gasteiger partial charge is 0.409 e. The Kier molecular flexibility index (Phi) is 4.46. The molecule has 1 saturated carbocycles. The van der Waals surface area contributed by atoms with E-state index in [0.29, 0.717) is 12.8 Å². The molecule has 1 unspecified atom stereocenters. The number of amides is 1. The highest BCUT2D eigenvalue weighted by atomic mass is 32.2. The normalized spacial score (nSPS) is 29.1. The average molecular weight is 317 g/mol. The second-order valence-corrected chi connectivity index (χ2v) is 8.32. The van der Waals surface area contributed by atoms with Gasteiger partial charge in [0.05, 0.1) is 11.5 Å². The average Bonchev–Trinajstić information content (AvgIpc) is 2.45. The Hall–Kier alpha value is -1.31. The van der Waals surface area contributed by atoms with E-state index >= 15 is 0 Å². The maximum Gasteiger partial charge on any atom is 0.236 e. The van der Waals surface area contributed by atoms with E-state index in [1.54, 1.807) is 11.8 Å². The molecule has 0 spiro atoms. The highest BCUT2D eigenvalue weighted by molar-refractivity contribution is 7.91. The van der Waals surface area contributed by atoms with Crippen LogP contribution in [0.5, 0.6) is 0 Å². The topological polar surface area (TPSA) is 113 Å². The van der Waals surface area contributed by atoms with Crippen LogP contribution in [-0.2, 0) is 14.6 Å². The van der Waals surface area contributed by atoms with E-state index in [1.165, 1.54) is 0 Å². The van der Waals surface area contributed by atoms with Crippen LogP contribution in [0, 0.1) is 5.41 Å². The number of carbonyl (C=O) groups excluding carboxylic acids is 1. The first kappa shape index (κ1) is 16.1. The van der Waals surface area contributed by atoms with Crippen molar-refractivity contribution in [3.8, 4) is 0 Å². The monoisotopic (exact) mass is 317 g/mol. The maximum atomic E-state index is 13.0. The van der Waals surface area contributed by atoms with E-state index in [0.717, 1.165) is 19.3 Å². The molecule has 3 N–H and O–H groups in total. The molecule has 1 aliphatic heterocycles. The fourth-order valence-corrected chi connectivity index (χ4v) is 4.96. The van der Waals surface area contributed by atoms with Gasteiger partial charge < -0.3 is 15.8 Å². The number of sulfone groups is 1. The first-order valence-corrected chi connectivity index (χ1v) is 9.14. The minimum absolute atomic E-state index is 0.0185. The summed E-state index contributed by atoms with van der Waals surface area (Å²) < 4.78 is 23.3. The van der Waals surface area contributed by atoms with Crippen LogP contribution in [0.15, 0.2) is 5.16 Å². The lowest BCUT2D eigenvalue weighted by Crippen LogP contribution is -2.58. The molecule has 1 aliphatic carbocycles. The highest BCUT2D eigenvalue weighted by Crippen LogP contribution is 2.39. The van der Waals surface area contributed by atoms with Gasteiger partial charge in [0.1, 0.15) is 5.41 Å². The standard InChI is InChI=1S/C13H23N3O4S/c1-10-9-21(19,20)8-7-16(10)12(17)13(11(14)15-18)5-3-2-4-6-13/h10,18H,2-9H2,1H3,(H2,14,15). The van der Waals surface area contributed by atoms with Crippen LogP contribution in [-0.4, -0.2) is 54.4 Å². The molecule has 1 amide bonds. The van der Waals surface area contributed by atoms with Crippen molar-refractivity contribution in [2.45, 2.75) is 45.1 Å². The second-order valence-electron chi connectivity index (χ2n) is 6.09. The van der Waals surface area contributed by atoms with Crippen LogP contribution in [0.2, 0.25) is 0 Å². The minimum Gasteiger partial charge on any atom is -0.409 e. The number of oxime groups is 1. The van der Waals surface area contributed by atoms with Gasteiger partial charge >= 0.3 is 0 Å². The van der Waals surface area contributed by atoms with Crippen LogP contribution in [0.3, 0.4) is 0 Å². The molecule has 0 bridgehead atoms. The summed E-state index contributed by atoms with van der Waals surface area (Å²) >= 11 is 0. The van der Waals surface area contributed by atoms with Gasteiger partial charge in [0, 0.05) is 12.6 Å². The summed E-state index contributed by atoms with van der Waals surface area (Å²) in [6, 6.07) is -0.374. The van der Waals surface area contributed by atoms with Gasteiger partial charge in [-0.25, -0.2) is 8.42 Å². The number of nitrogens with two attached hydrogens (primary N) is 1. The highest BCUT2D eigenvalue weighted by Gasteiger charge is 2.48. The molecule has 1 saturated heterocycles. The zero-order valence-electron chi connectivity index (χ0n) is 12.3. The van der Waals surface area contributed by atoms with Crippen LogP contribution in [0.1, 0.15) is 39.0 Å². The lowest BCUT2D eigenvalue weighted by molar-refractivity contribution is -0.141. The molecule has 1 atom stereocenters. The van der Waals surface area contributed by atoms with Gasteiger partial charge in [-0.2, -0.15) is 0 Å². The SMILES string of the molecule is CC1CS(=O)(=O)CCN1C(=O)C1(C(N)=NO)CCCCC1. The molecule has 0 aromatic rings. The van der Waals surface area contributed by atoms with Gasteiger partial charge in [0.15, 0.2) is 15.7 Å². The molecule has 120 valence electrons. The van der Waals surface area contributed by atoms with Crippen molar-refractivity contribution >= 4 is 21.6 Å². The maximum absolute atomic E-state index is 13.0. The second kappa shape index (κ2) is 5.82. The lowest BCUT2D eigenvalue weighted by atomic mass is 9.72. The van der Waals surface area contributed by atoms with Crippen molar-refractivity contribution in [3.05, 3.63) is 0 Å². The summed E-state index contributed by atoms with van der Waals surface area (Å²) in [5, 5.41) is 12.1. The van der Waals surface area contributed by atoms with Gasteiger partial charge in [-0.15, -0.1) is 0 Å². The first-order chi connectivity index (χ1) is 9.82. The minimum atomic E-state index is -3.08. The third kappa shape index (κ3) is 3.00. The van der Waals surface area contributed by atoms with Crippen molar-refractivity contribution < 1.29 is 18.4 Å². The van der Waals surface area contributed by atoms with Crippen molar-refractivity contribution in [1.29, 1.82) is 0 Å².